The molecular formula is C11H16BrNO. The van der Waals surface area contributed by atoms with Crippen molar-refractivity contribution in [1.29, 1.82) is 0 Å². The molecule has 1 atom stereocenters. The maximum absolute atomic E-state index is 9.28. The molecule has 0 spiro atoms. The van der Waals surface area contributed by atoms with Gasteiger partial charge in [-0.15, -0.1) is 0 Å². The van der Waals surface area contributed by atoms with Gasteiger partial charge in [-0.2, -0.15) is 0 Å². The third kappa shape index (κ3) is 3.07. The van der Waals surface area contributed by atoms with Crippen molar-refractivity contribution in [3.05, 3.63) is 28.5 Å². The second-order valence-electron chi connectivity index (χ2n) is 4.01. The topological polar surface area (TPSA) is 33.1 Å². The van der Waals surface area contributed by atoms with Gasteiger partial charge in [-0.1, -0.05) is 13.8 Å². The van der Waals surface area contributed by atoms with Gasteiger partial charge in [0.2, 0.25) is 0 Å². The third-order valence-electron chi connectivity index (χ3n) is 2.63. The first kappa shape index (κ1) is 11.7. The lowest BCUT2D eigenvalue weighted by Crippen LogP contribution is -2.23. The Labute approximate surface area is 93.5 Å². The summed E-state index contributed by atoms with van der Waals surface area (Å²) in [5.74, 6) is 0. The van der Waals surface area contributed by atoms with Crippen molar-refractivity contribution in [1.82, 2.24) is 4.98 Å². The molecule has 0 aliphatic rings. The zero-order valence-corrected chi connectivity index (χ0v) is 10.2. The van der Waals surface area contributed by atoms with E-state index in [-0.39, 0.29) is 12.0 Å². The molecule has 0 radical (unpaired) electrons. The van der Waals surface area contributed by atoms with Crippen molar-refractivity contribution >= 4 is 15.9 Å². The van der Waals surface area contributed by atoms with E-state index < -0.39 is 0 Å². The number of hydrogen-bond acceptors (Lipinski definition) is 2. The van der Waals surface area contributed by atoms with Crippen LogP contribution >= 0.6 is 15.9 Å². The molecule has 1 aromatic heterocycles. The van der Waals surface area contributed by atoms with E-state index in [9.17, 15) is 5.11 Å². The van der Waals surface area contributed by atoms with Gasteiger partial charge in [0.15, 0.2) is 0 Å². The Bertz CT molecular complexity index is 297. The standard InChI is InChI=1S/C11H16BrNO/c1-3-11(2,8-14)5-9-4-10(12)7-13-6-9/h4,6-7,14H,3,5,8H2,1-2H3. The van der Waals surface area contributed by atoms with Gasteiger partial charge in [0.25, 0.3) is 0 Å². The molecule has 14 heavy (non-hydrogen) atoms. The van der Waals surface area contributed by atoms with Crippen LogP contribution in [0.15, 0.2) is 22.9 Å². The lowest BCUT2D eigenvalue weighted by molar-refractivity contribution is 0.137. The van der Waals surface area contributed by atoms with Crippen molar-refractivity contribution in [2.45, 2.75) is 26.7 Å². The summed E-state index contributed by atoms with van der Waals surface area (Å²) in [6.45, 7) is 4.41. The van der Waals surface area contributed by atoms with Crippen molar-refractivity contribution in [2.24, 2.45) is 5.41 Å². The van der Waals surface area contributed by atoms with Crippen molar-refractivity contribution in [2.75, 3.05) is 6.61 Å². The highest BCUT2D eigenvalue weighted by molar-refractivity contribution is 9.10. The second kappa shape index (κ2) is 4.89. The van der Waals surface area contributed by atoms with Crippen LogP contribution in [0.4, 0.5) is 0 Å². The van der Waals surface area contributed by atoms with Crippen molar-refractivity contribution in [3.8, 4) is 0 Å². The minimum absolute atomic E-state index is 0.0253. The van der Waals surface area contributed by atoms with Crippen LogP contribution < -0.4 is 0 Å². The molecular weight excluding hydrogens is 242 g/mol. The van der Waals surface area contributed by atoms with E-state index in [1.807, 2.05) is 6.20 Å². The first-order valence-corrected chi connectivity index (χ1v) is 5.59. The quantitative estimate of drug-likeness (QED) is 0.900. The van der Waals surface area contributed by atoms with E-state index >= 15 is 0 Å². The van der Waals surface area contributed by atoms with Gasteiger partial charge in [-0.3, -0.25) is 4.98 Å². The average molecular weight is 258 g/mol. The lowest BCUT2D eigenvalue weighted by atomic mass is 9.82. The van der Waals surface area contributed by atoms with E-state index in [0.29, 0.717) is 0 Å². The minimum Gasteiger partial charge on any atom is -0.396 e. The molecule has 1 heterocycles. The number of halogens is 1. The smallest absolute Gasteiger partial charge is 0.0487 e. The van der Waals surface area contributed by atoms with Gasteiger partial charge in [0.1, 0.15) is 0 Å². The molecule has 0 bridgehead atoms. The highest BCUT2D eigenvalue weighted by atomic mass is 79.9. The SMILES string of the molecule is CCC(C)(CO)Cc1cncc(Br)c1. The molecule has 0 aliphatic carbocycles. The van der Waals surface area contributed by atoms with Gasteiger partial charge >= 0.3 is 0 Å². The highest BCUT2D eigenvalue weighted by Crippen LogP contribution is 2.26. The zero-order valence-electron chi connectivity index (χ0n) is 8.63. The second-order valence-corrected chi connectivity index (χ2v) is 4.93. The number of pyridine rings is 1. The van der Waals surface area contributed by atoms with Crippen LogP contribution in [0.5, 0.6) is 0 Å². The van der Waals surface area contributed by atoms with Crippen LogP contribution in [-0.2, 0) is 6.42 Å². The van der Waals surface area contributed by atoms with Crippen LogP contribution in [0.2, 0.25) is 0 Å². The van der Waals surface area contributed by atoms with Crippen molar-refractivity contribution < 1.29 is 5.11 Å². The average Bonchev–Trinajstić information content (AvgIpc) is 2.18. The van der Waals surface area contributed by atoms with Crippen LogP contribution in [-0.4, -0.2) is 16.7 Å². The molecule has 2 nitrogen and oxygen atoms in total. The third-order valence-corrected chi connectivity index (χ3v) is 3.06. The van der Waals surface area contributed by atoms with E-state index in [1.165, 1.54) is 0 Å². The van der Waals surface area contributed by atoms with Crippen LogP contribution in [0.25, 0.3) is 0 Å². The maximum atomic E-state index is 9.28. The normalized spacial score (nSPS) is 15.1. The molecule has 1 rings (SSSR count). The number of hydrogen-bond donors (Lipinski definition) is 1. The predicted octanol–water partition coefficient (Wildman–Crippen LogP) is 2.80. The Morgan fingerprint density at radius 3 is 2.71 bits per heavy atom. The fraction of sp³-hybridized carbons (Fsp3) is 0.545. The van der Waals surface area contributed by atoms with E-state index in [2.05, 4.69) is 40.8 Å². The molecule has 1 N–H and O–H groups in total. The summed E-state index contributed by atoms with van der Waals surface area (Å²) in [6, 6.07) is 2.05. The molecule has 0 aromatic carbocycles. The molecule has 3 heteroatoms. The van der Waals surface area contributed by atoms with Gasteiger partial charge in [0.05, 0.1) is 0 Å². The summed E-state index contributed by atoms with van der Waals surface area (Å²) in [5, 5.41) is 9.28. The lowest BCUT2D eigenvalue weighted by Gasteiger charge is -2.25. The Balaban J connectivity index is 2.77. The highest BCUT2D eigenvalue weighted by Gasteiger charge is 2.21. The summed E-state index contributed by atoms with van der Waals surface area (Å²) in [7, 11) is 0. The fourth-order valence-corrected chi connectivity index (χ4v) is 1.75. The molecule has 78 valence electrons. The molecule has 0 saturated heterocycles. The van der Waals surface area contributed by atoms with E-state index in [4.69, 9.17) is 0 Å². The fourth-order valence-electron chi connectivity index (χ4n) is 1.34. The Kier molecular flexibility index (Phi) is 4.08. The Morgan fingerprint density at radius 2 is 2.21 bits per heavy atom. The summed E-state index contributed by atoms with van der Waals surface area (Å²) in [5.41, 5.74) is 1.14. The summed E-state index contributed by atoms with van der Waals surface area (Å²) in [4.78, 5) is 4.11. The monoisotopic (exact) mass is 257 g/mol. The molecule has 0 amide bonds. The van der Waals surface area contributed by atoms with Gasteiger partial charge in [-0.05, 0) is 45.8 Å². The molecule has 1 unspecified atom stereocenters. The van der Waals surface area contributed by atoms with Crippen LogP contribution in [0.3, 0.4) is 0 Å². The van der Waals surface area contributed by atoms with Gasteiger partial charge in [0, 0.05) is 23.5 Å². The predicted molar refractivity (Wildman–Crippen MR) is 61.1 cm³/mol. The number of aliphatic hydroxyl groups excluding tert-OH is 1. The number of nitrogens with zero attached hydrogens (tertiary/aromatic N) is 1. The molecule has 0 saturated carbocycles. The summed E-state index contributed by atoms with van der Waals surface area (Å²) >= 11 is 3.39. The molecule has 0 fully saturated rings. The maximum Gasteiger partial charge on any atom is 0.0487 e. The number of aromatic nitrogens is 1. The van der Waals surface area contributed by atoms with Crippen LogP contribution in [0.1, 0.15) is 25.8 Å². The Morgan fingerprint density at radius 1 is 1.50 bits per heavy atom. The zero-order chi connectivity index (χ0) is 10.6. The van der Waals surface area contributed by atoms with Crippen molar-refractivity contribution in [3.63, 3.8) is 0 Å². The first-order chi connectivity index (χ1) is 6.59. The van der Waals surface area contributed by atoms with E-state index in [0.717, 1.165) is 22.9 Å². The number of aliphatic hydroxyl groups is 1. The minimum atomic E-state index is -0.0253. The first-order valence-electron chi connectivity index (χ1n) is 4.80. The van der Waals surface area contributed by atoms with Gasteiger partial charge in [-0.25, -0.2) is 0 Å². The number of rotatable bonds is 4. The molecule has 0 aliphatic heterocycles. The molecule has 1 aromatic rings. The summed E-state index contributed by atoms with van der Waals surface area (Å²) in [6.07, 6.45) is 5.46. The largest absolute Gasteiger partial charge is 0.396 e. The van der Waals surface area contributed by atoms with Gasteiger partial charge < -0.3 is 5.11 Å². The Hall–Kier alpha value is -0.410. The van der Waals surface area contributed by atoms with E-state index in [1.54, 1.807) is 6.20 Å². The summed E-state index contributed by atoms with van der Waals surface area (Å²) < 4.78 is 0.992. The van der Waals surface area contributed by atoms with Crippen LogP contribution in [0, 0.1) is 5.41 Å².